The molecule has 0 aliphatic heterocycles. The van der Waals surface area contributed by atoms with Crippen molar-refractivity contribution < 1.29 is 13.2 Å². The van der Waals surface area contributed by atoms with Crippen molar-refractivity contribution in [2.24, 2.45) is 4.99 Å². The Balaban J connectivity index is 0.00000300. The fourth-order valence-corrected chi connectivity index (χ4v) is 2.62. The minimum absolute atomic E-state index is 0. The topological polar surface area (TPSA) is 54.2 Å². The number of aromatic nitrogens is 2. The third kappa shape index (κ3) is 6.48. The van der Waals surface area contributed by atoms with Crippen LogP contribution in [0.4, 0.5) is 13.2 Å². The molecule has 3 rings (SSSR count). The van der Waals surface area contributed by atoms with Gasteiger partial charge in [0.05, 0.1) is 11.4 Å². The summed E-state index contributed by atoms with van der Waals surface area (Å²) >= 11 is 0. The predicted molar refractivity (Wildman–Crippen MR) is 117 cm³/mol. The van der Waals surface area contributed by atoms with Crippen LogP contribution < -0.4 is 10.6 Å². The maximum Gasteiger partial charge on any atom is 0.191 e. The van der Waals surface area contributed by atoms with E-state index in [1.54, 1.807) is 23.9 Å². The summed E-state index contributed by atoms with van der Waals surface area (Å²) in [7, 11) is 1.60. The van der Waals surface area contributed by atoms with Gasteiger partial charge < -0.3 is 10.6 Å². The summed E-state index contributed by atoms with van der Waals surface area (Å²) in [5.41, 5.74) is 1.85. The molecule has 3 aromatic rings. The molecule has 0 bridgehead atoms. The Hall–Kier alpha value is -2.56. The molecule has 0 unspecified atom stereocenters. The molecule has 0 radical (unpaired) electrons. The van der Waals surface area contributed by atoms with Gasteiger partial charge in [-0.15, -0.1) is 24.0 Å². The van der Waals surface area contributed by atoms with E-state index < -0.39 is 11.6 Å². The summed E-state index contributed by atoms with van der Waals surface area (Å²) in [6.07, 6.45) is 2.44. The molecule has 5 nitrogen and oxygen atoms in total. The zero-order valence-electron chi connectivity index (χ0n) is 15.7. The second-order valence-electron chi connectivity index (χ2n) is 6.07. The maximum atomic E-state index is 13.7. The molecular formula is C20H21F3IN5. The zero-order valence-corrected chi connectivity index (χ0v) is 18.0. The van der Waals surface area contributed by atoms with Gasteiger partial charge in [0.2, 0.25) is 0 Å². The van der Waals surface area contributed by atoms with E-state index in [2.05, 4.69) is 20.7 Å². The van der Waals surface area contributed by atoms with Gasteiger partial charge in [0.15, 0.2) is 5.96 Å². The Kier molecular flexibility index (Phi) is 8.50. The second-order valence-corrected chi connectivity index (χ2v) is 6.07. The molecule has 29 heavy (non-hydrogen) atoms. The van der Waals surface area contributed by atoms with E-state index in [0.29, 0.717) is 18.9 Å². The van der Waals surface area contributed by atoms with E-state index in [0.717, 1.165) is 29.6 Å². The lowest BCUT2D eigenvalue weighted by molar-refractivity contribution is 0.581. The van der Waals surface area contributed by atoms with Gasteiger partial charge in [-0.1, -0.05) is 0 Å². The van der Waals surface area contributed by atoms with Crippen molar-refractivity contribution in [2.75, 3.05) is 13.6 Å². The van der Waals surface area contributed by atoms with Crippen molar-refractivity contribution >= 4 is 29.9 Å². The van der Waals surface area contributed by atoms with Crippen LogP contribution in [-0.2, 0) is 13.0 Å². The molecular weight excluding hydrogens is 494 g/mol. The number of hydrogen-bond donors (Lipinski definition) is 2. The second kappa shape index (κ2) is 10.8. The third-order valence-corrected chi connectivity index (χ3v) is 4.09. The summed E-state index contributed by atoms with van der Waals surface area (Å²) in [5.74, 6) is -0.785. The third-order valence-electron chi connectivity index (χ3n) is 4.09. The van der Waals surface area contributed by atoms with Crippen molar-refractivity contribution in [1.82, 2.24) is 20.4 Å². The highest BCUT2D eigenvalue weighted by Crippen LogP contribution is 2.10. The Morgan fingerprint density at radius 2 is 1.72 bits per heavy atom. The molecule has 0 saturated heterocycles. The molecule has 9 heteroatoms. The quantitative estimate of drug-likeness (QED) is 0.298. The largest absolute Gasteiger partial charge is 0.356 e. The highest BCUT2D eigenvalue weighted by atomic mass is 127. The number of aliphatic imine (C=N–C) groups is 1. The van der Waals surface area contributed by atoms with Crippen molar-refractivity contribution in [2.45, 2.75) is 13.0 Å². The van der Waals surface area contributed by atoms with Gasteiger partial charge in [-0.05, 0) is 48.5 Å². The van der Waals surface area contributed by atoms with Crippen molar-refractivity contribution in [3.8, 4) is 5.69 Å². The average molecular weight is 515 g/mol. The van der Waals surface area contributed by atoms with E-state index >= 15 is 0 Å². The van der Waals surface area contributed by atoms with Gasteiger partial charge in [-0.25, -0.2) is 17.9 Å². The molecule has 0 fully saturated rings. The van der Waals surface area contributed by atoms with E-state index in [4.69, 9.17) is 0 Å². The van der Waals surface area contributed by atoms with Crippen LogP contribution in [0.5, 0.6) is 0 Å². The molecule has 2 aromatic carbocycles. The van der Waals surface area contributed by atoms with Crippen LogP contribution in [0.1, 0.15) is 11.3 Å². The molecule has 0 amide bonds. The van der Waals surface area contributed by atoms with Crippen LogP contribution in [0.3, 0.4) is 0 Å². The van der Waals surface area contributed by atoms with Gasteiger partial charge in [0.1, 0.15) is 17.5 Å². The summed E-state index contributed by atoms with van der Waals surface area (Å²) in [5, 5.41) is 10.5. The van der Waals surface area contributed by atoms with Gasteiger partial charge >= 0.3 is 0 Å². The SMILES string of the molecule is CN=C(NCCc1ccn(-c2ccc(F)cc2)n1)NCc1cc(F)ccc1F.I. The van der Waals surface area contributed by atoms with Crippen LogP contribution in [0.2, 0.25) is 0 Å². The molecule has 0 saturated carbocycles. The first kappa shape index (κ1) is 22.7. The van der Waals surface area contributed by atoms with Crippen molar-refractivity contribution in [3.05, 3.63) is 83.4 Å². The number of nitrogens with zero attached hydrogens (tertiary/aromatic N) is 3. The fourth-order valence-electron chi connectivity index (χ4n) is 2.62. The normalized spacial score (nSPS) is 11.1. The zero-order chi connectivity index (χ0) is 19.9. The molecule has 0 aliphatic rings. The lowest BCUT2D eigenvalue weighted by atomic mass is 10.2. The van der Waals surface area contributed by atoms with Gasteiger partial charge in [0.25, 0.3) is 0 Å². The van der Waals surface area contributed by atoms with Crippen LogP contribution in [0, 0.1) is 17.5 Å². The Morgan fingerprint density at radius 3 is 2.45 bits per heavy atom. The first-order valence-corrected chi connectivity index (χ1v) is 8.74. The summed E-state index contributed by atoms with van der Waals surface area (Å²) < 4.78 is 41.6. The van der Waals surface area contributed by atoms with Gasteiger partial charge in [-0.3, -0.25) is 4.99 Å². The van der Waals surface area contributed by atoms with Crippen molar-refractivity contribution in [1.29, 1.82) is 0 Å². The van der Waals surface area contributed by atoms with E-state index in [1.165, 1.54) is 12.1 Å². The smallest absolute Gasteiger partial charge is 0.191 e. The highest BCUT2D eigenvalue weighted by molar-refractivity contribution is 14.0. The Labute approximate surface area is 184 Å². The standard InChI is InChI=1S/C20H20F3N5.HI/c1-24-20(26-13-14-12-16(22)4-7-19(14)23)25-10-8-17-9-11-28(27-17)18-5-2-15(21)3-6-18;/h2-7,9,11-12H,8,10,13H2,1H3,(H2,24,25,26);1H. The predicted octanol–water partition coefficient (Wildman–Crippen LogP) is 3.82. The summed E-state index contributed by atoms with van der Waals surface area (Å²) in [6.45, 7) is 0.661. The van der Waals surface area contributed by atoms with Crippen molar-refractivity contribution in [3.63, 3.8) is 0 Å². The molecule has 0 aliphatic carbocycles. The Bertz CT molecular complexity index is 957. The van der Waals surface area contributed by atoms with Crippen LogP contribution in [0.25, 0.3) is 5.69 Å². The molecule has 0 atom stereocenters. The average Bonchev–Trinajstić information content (AvgIpc) is 3.16. The highest BCUT2D eigenvalue weighted by Gasteiger charge is 2.06. The first-order chi connectivity index (χ1) is 13.5. The van der Waals surface area contributed by atoms with Crippen LogP contribution >= 0.6 is 24.0 Å². The molecule has 154 valence electrons. The minimum atomic E-state index is -0.488. The monoisotopic (exact) mass is 515 g/mol. The fraction of sp³-hybridized carbons (Fsp3) is 0.200. The minimum Gasteiger partial charge on any atom is -0.356 e. The summed E-state index contributed by atoms with van der Waals surface area (Å²) in [6, 6.07) is 11.3. The Morgan fingerprint density at radius 1 is 1.00 bits per heavy atom. The number of guanidine groups is 1. The van der Waals surface area contributed by atoms with Gasteiger partial charge in [0, 0.05) is 38.3 Å². The summed E-state index contributed by atoms with van der Waals surface area (Å²) in [4.78, 5) is 4.06. The molecule has 2 N–H and O–H groups in total. The number of benzene rings is 2. The van der Waals surface area contributed by atoms with E-state index in [9.17, 15) is 13.2 Å². The van der Waals surface area contributed by atoms with E-state index in [-0.39, 0.29) is 41.9 Å². The first-order valence-electron chi connectivity index (χ1n) is 8.74. The maximum absolute atomic E-state index is 13.7. The lowest BCUT2D eigenvalue weighted by Crippen LogP contribution is -2.38. The molecule has 0 spiro atoms. The van der Waals surface area contributed by atoms with Crippen LogP contribution in [-0.4, -0.2) is 29.3 Å². The van der Waals surface area contributed by atoms with E-state index in [1.807, 2.05) is 12.3 Å². The van der Waals surface area contributed by atoms with Crippen LogP contribution in [0.15, 0.2) is 59.7 Å². The number of hydrogen-bond acceptors (Lipinski definition) is 2. The number of nitrogens with one attached hydrogen (secondary N) is 2. The van der Waals surface area contributed by atoms with Gasteiger partial charge in [-0.2, -0.15) is 5.10 Å². The molecule has 1 heterocycles. The number of halogens is 4. The lowest BCUT2D eigenvalue weighted by Gasteiger charge is -2.12. The molecule has 1 aromatic heterocycles. The number of rotatable bonds is 6.